The molecule has 1 aliphatic rings. The zero-order valence-electron chi connectivity index (χ0n) is 9.77. The van der Waals surface area contributed by atoms with Crippen LogP contribution < -0.4 is 0 Å². The highest BCUT2D eigenvalue weighted by Crippen LogP contribution is 2.35. The lowest BCUT2D eigenvalue weighted by atomic mass is 9.83. The van der Waals surface area contributed by atoms with E-state index in [0.717, 1.165) is 6.42 Å². The van der Waals surface area contributed by atoms with Gasteiger partial charge in [-0.3, -0.25) is 4.79 Å². The standard InChI is InChI=1S/C11H20O3S/c1-5-9-6(2)7(3)10(11(15)14-9)13-8(4)12/h6-7,9-11,15H,5H2,1-4H3. The predicted molar refractivity (Wildman–Crippen MR) is 61.8 cm³/mol. The Morgan fingerprint density at radius 2 is 2.00 bits per heavy atom. The molecule has 15 heavy (non-hydrogen) atoms. The van der Waals surface area contributed by atoms with Crippen molar-refractivity contribution >= 4 is 18.6 Å². The number of carbonyl (C=O) groups is 1. The second kappa shape index (κ2) is 5.21. The highest BCUT2D eigenvalue weighted by Gasteiger charge is 2.40. The van der Waals surface area contributed by atoms with Gasteiger partial charge in [0.1, 0.15) is 11.5 Å². The third kappa shape index (κ3) is 2.88. The molecule has 0 N–H and O–H groups in total. The first-order chi connectivity index (χ1) is 6.97. The van der Waals surface area contributed by atoms with E-state index in [1.54, 1.807) is 0 Å². The van der Waals surface area contributed by atoms with Gasteiger partial charge < -0.3 is 9.47 Å². The SMILES string of the molecule is CCC1OC(S)C(OC(C)=O)C(C)C1C. The van der Waals surface area contributed by atoms with E-state index in [-0.39, 0.29) is 29.5 Å². The molecule has 0 aromatic rings. The minimum Gasteiger partial charge on any atom is -0.459 e. The lowest BCUT2D eigenvalue weighted by Crippen LogP contribution is -2.48. The van der Waals surface area contributed by atoms with Crippen molar-refractivity contribution in [2.45, 2.75) is 51.8 Å². The van der Waals surface area contributed by atoms with Crippen LogP contribution in [-0.2, 0) is 14.3 Å². The number of ether oxygens (including phenoxy) is 2. The molecule has 0 aromatic heterocycles. The molecule has 1 aliphatic heterocycles. The van der Waals surface area contributed by atoms with Crippen LogP contribution in [-0.4, -0.2) is 23.6 Å². The molecule has 4 heteroatoms. The Bertz CT molecular complexity index is 232. The number of carbonyl (C=O) groups excluding carboxylic acids is 1. The summed E-state index contributed by atoms with van der Waals surface area (Å²) in [6, 6.07) is 0. The minimum absolute atomic E-state index is 0.217. The Balaban J connectivity index is 2.70. The Morgan fingerprint density at radius 3 is 2.47 bits per heavy atom. The molecule has 0 radical (unpaired) electrons. The van der Waals surface area contributed by atoms with Crippen molar-refractivity contribution in [2.75, 3.05) is 0 Å². The summed E-state index contributed by atoms with van der Waals surface area (Å²) >= 11 is 4.34. The highest BCUT2D eigenvalue weighted by molar-refractivity contribution is 7.80. The molecular weight excluding hydrogens is 212 g/mol. The van der Waals surface area contributed by atoms with Crippen molar-refractivity contribution in [1.29, 1.82) is 0 Å². The van der Waals surface area contributed by atoms with Crippen molar-refractivity contribution in [3.05, 3.63) is 0 Å². The maximum atomic E-state index is 10.9. The van der Waals surface area contributed by atoms with Crippen LogP contribution in [0.25, 0.3) is 0 Å². The topological polar surface area (TPSA) is 35.5 Å². The van der Waals surface area contributed by atoms with E-state index in [1.165, 1.54) is 6.92 Å². The third-order valence-corrected chi connectivity index (χ3v) is 3.65. The molecule has 3 nitrogen and oxygen atoms in total. The Labute approximate surface area is 96.9 Å². The summed E-state index contributed by atoms with van der Waals surface area (Å²) in [4.78, 5) is 10.9. The molecule has 1 fully saturated rings. The van der Waals surface area contributed by atoms with Gasteiger partial charge in [-0.15, -0.1) is 12.6 Å². The third-order valence-electron chi connectivity index (χ3n) is 3.23. The molecule has 1 heterocycles. The first-order valence-corrected chi connectivity index (χ1v) is 5.99. The largest absolute Gasteiger partial charge is 0.459 e. The van der Waals surface area contributed by atoms with Crippen LogP contribution in [0.15, 0.2) is 0 Å². The number of thiol groups is 1. The Hall–Kier alpha value is -0.220. The van der Waals surface area contributed by atoms with Crippen LogP contribution in [0.2, 0.25) is 0 Å². The van der Waals surface area contributed by atoms with Crippen molar-refractivity contribution in [3.63, 3.8) is 0 Å². The van der Waals surface area contributed by atoms with Crippen LogP contribution in [0.5, 0.6) is 0 Å². The number of hydrogen-bond donors (Lipinski definition) is 1. The number of hydrogen-bond acceptors (Lipinski definition) is 4. The van der Waals surface area contributed by atoms with Gasteiger partial charge in [0.15, 0.2) is 0 Å². The smallest absolute Gasteiger partial charge is 0.303 e. The van der Waals surface area contributed by atoms with E-state index in [1.807, 2.05) is 0 Å². The minimum atomic E-state index is -0.301. The van der Waals surface area contributed by atoms with Crippen molar-refractivity contribution in [3.8, 4) is 0 Å². The van der Waals surface area contributed by atoms with E-state index in [0.29, 0.717) is 5.92 Å². The van der Waals surface area contributed by atoms with Gasteiger partial charge in [-0.2, -0.15) is 0 Å². The molecule has 1 saturated heterocycles. The van der Waals surface area contributed by atoms with Gasteiger partial charge in [-0.1, -0.05) is 20.8 Å². The molecule has 0 aromatic carbocycles. The normalized spacial score (nSPS) is 41.3. The molecule has 5 unspecified atom stereocenters. The van der Waals surface area contributed by atoms with Gasteiger partial charge in [0.2, 0.25) is 0 Å². The first kappa shape index (κ1) is 12.8. The molecule has 0 bridgehead atoms. The zero-order chi connectivity index (χ0) is 11.6. The summed E-state index contributed by atoms with van der Waals surface area (Å²) in [5.74, 6) is 0.412. The number of esters is 1. The lowest BCUT2D eigenvalue weighted by molar-refractivity contribution is -0.176. The van der Waals surface area contributed by atoms with Crippen molar-refractivity contribution in [1.82, 2.24) is 0 Å². The predicted octanol–water partition coefficient (Wildman–Crippen LogP) is 2.25. The van der Waals surface area contributed by atoms with E-state index in [9.17, 15) is 4.79 Å². The summed E-state index contributed by atoms with van der Waals surface area (Å²) in [7, 11) is 0. The fraction of sp³-hybridized carbons (Fsp3) is 0.909. The number of rotatable bonds is 2. The van der Waals surface area contributed by atoms with Crippen LogP contribution in [0.1, 0.15) is 34.1 Å². The van der Waals surface area contributed by atoms with Gasteiger partial charge in [-0.05, 0) is 12.3 Å². The van der Waals surface area contributed by atoms with Crippen LogP contribution >= 0.6 is 12.6 Å². The van der Waals surface area contributed by atoms with Crippen molar-refractivity contribution < 1.29 is 14.3 Å². The summed E-state index contributed by atoms with van der Waals surface area (Å²) in [5, 5.41) is 0. The average Bonchev–Trinajstić information content (AvgIpc) is 2.18. The maximum Gasteiger partial charge on any atom is 0.303 e. The van der Waals surface area contributed by atoms with Gasteiger partial charge in [0, 0.05) is 12.8 Å². The first-order valence-electron chi connectivity index (χ1n) is 5.48. The Morgan fingerprint density at radius 1 is 1.40 bits per heavy atom. The summed E-state index contributed by atoms with van der Waals surface area (Å²) < 4.78 is 11.0. The zero-order valence-corrected chi connectivity index (χ0v) is 10.7. The monoisotopic (exact) mass is 232 g/mol. The fourth-order valence-corrected chi connectivity index (χ4v) is 2.59. The van der Waals surface area contributed by atoms with E-state index in [4.69, 9.17) is 9.47 Å². The molecule has 1 rings (SSSR count). The van der Waals surface area contributed by atoms with E-state index in [2.05, 4.69) is 33.4 Å². The summed E-state index contributed by atoms with van der Waals surface area (Å²) in [6.45, 7) is 7.74. The molecule has 88 valence electrons. The van der Waals surface area contributed by atoms with Gasteiger partial charge >= 0.3 is 5.97 Å². The molecular formula is C11H20O3S. The van der Waals surface area contributed by atoms with Crippen LogP contribution in [0.3, 0.4) is 0 Å². The summed E-state index contributed by atoms with van der Waals surface area (Å²) in [5.41, 5.74) is -0.301. The van der Waals surface area contributed by atoms with Crippen molar-refractivity contribution in [2.24, 2.45) is 11.8 Å². The van der Waals surface area contributed by atoms with Crippen LogP contribution in [0.4, 0.5) is 0 Å². The Kier molecular flexibility index (Phi) is 4.46. The van der Waals surface area contributed by atoms with Gasteiger partial charge in [0.25, 0.3) is 0 Å². The molecule has 0 amide bonds. The fourth-order valence-electron chi connectivity index (χ4n) is 2.10. The average molecular weight is 232 g/mol. The quantitative estimate of drug-likeness (QED) is 0.586. The van der Waals surface area contributed by atoms with Gasteiger partial charge in [-0.25, -0.2) is 0 Å². The molecule has 5 atom stereocenters. The molecule has 0 aliphatic carbocycles. The second-order valence-electron chi connectivity index (χ2n) is 4.27. The van der Waals surface area contributed by atoms with Crippen LogP contribution in [0, 0.1) is 11.8 Å². The summed E-state index contributed by atoms with van der Waals surface area (Å²) in [6.07, 6.45) is 0.952. The molecule has 0 saturated carbocycles. The lowest BCUT2D eigenvalue weighted by Gasteiger charge is -2.42. The maximum absolute atomic E-state index is 10.9. The second-order valence-corrected chi connectivity index (χ2v) is 4.77. The van der Waals surface area contributed by atoms with E-state index >= 15 is 0 Å². The van der Waals surface area contributed by atoms with E-state index < -0.39 is 0 Å². The highest BCUT2D eigenvalue weighted by atomic mass is 32.1. The van der Waals surface area contributed by atoms with Gasteiger partial charge in [0.05, 0.1) is 6.10 Å². The molecule has 0 spiro atoms.